The van der Waals surface area contributed by atoms with Gasteiger partial charge in [-0.05, 0) is 18.9 Å². The number of hydrogen-bond donors (Lipinski definition) is 0. The van der Waals surface area contributed by atoms with E-state index in [2.05, 4.69) is 14.9 Å². The van der Waals surface area contributed by atoms with Gasteiger partial charge in [0.2, 0.25) is 11.9 Å². The van der Waals surface area contributed by atoms with E-state index in [-0.39, 0.29) is 12.4 Å². The molecule has 0 unspecified atom stereocenters. The predicted octanol–water partition coefficient (Wildman–Crippen LogP) is 0.957. The zero-order chi connectivity index (χ0) is 11.7. The van der Waals surface area contributed by atoms with Gasteiger partial charge in [0.1, 0.15) is 0 Å². The fraction of sp³-hybridized carbons (Fsp3) is 0.583. The maximum Gasteiger partial charge on any atom is 0.225 e. The van der Waals surface area contributed by atoms with Crippen molar-refractivity contribution >= 4 is 24.3 Å². The molecule has 3 rings (SSSR count). The molecular formula is C12H17ClN4O. The Bertz CT molecular complexity index is 402. The molecular weight excluding hydrogens is 252 g/mol. The number of anilines is 1. The van der Waals surface area contributed by atoms with Crippen molar-refractivity contribution in [1.82, 2.24) is 14.9 Å². The molecule has 1 saturated carbocycles. The molecule has 18 heavy (non-hydrogen) atoms. The summed E-state index contributed by atoms with van der Waals surface area (Å²) in [6.45, 7) is 3.27. The van der Waals surface area contributed by atoms with Gasteiger partial charge in [-0.2, -0.15) is 0 Å². The molecule has 2 fully saturated rings. The lowest BCUT2D eigenvalue weighted by atomic mass is 10.3. The van der Waals surface area contributed by atoms with Crippen LogP contribution in [0.1, 0.15) is 12.8 Å². The minimum Gasteiger partial charge on any atom is -0.339 e. The quantitative estimate of drug-likeness (QED) is 0.802. The summed E-state index contributed by atoms with van der Waals surface area (Å²) >= 11 is 0. The molecule has 1 aromatic rings. The van der Waals surface area contributed by atoms with Crippen LogP contribution in [0.5, 0.6) is 0 Å². The van der Waals surface area contributed by atoms with E-state index in [1.807, 2.05) is 11.0 Å². The van der Waals surface area contributed by atoms with Gasteiger partial charge >= 0.3 is 0 Å². The summed E-state index contributed by atoms with van der Waals surface area (Å²) in [7, 11) is 0. The van der Waals surface area contributed by atoms with Gasteiger partial charge in [-0.15, -0.1) is 12.4 Å². The van der Waals surface area contributed by atoms with Crippen molar-refractivity contribution in [3.8, 4) is 0 Å². The second kappa shape index (κ2) is 5.52. The number of nitrogens with zero attached hydrogens (tertiary/aromatic N) is 4. The van der Waals surface area contributed by atoms with Gasteiger partial charge in [-0.25, -0.2) is 9.97 Å². The first kappa shape index (κ1) is 13.1. The average Bonchev–Trinajstić information content (AvgIpc) is 3.24. The van der Waals surface area contributed by atoms with Gasteiger partial charge in [-0.1, -0.05) is 0 Å². The summed E-state index contributed by atoms with van der Waals surface area (Å²) < 4.78 is 0. The maximum atomic E-state index is 11.9. The zero-order valence-corrected chi connectivity index (χ0v) is 11.0. The van der Waals surface area contributed by atoms with Crippen molar-refractivity contribution in [2.45, 2.75) is 12.8 Å². The Morgan fingerprint density at radius 3 is 2.28 bits per heavy atom. The van der Waals surface area contributed by atoms with Crippen molar-refractivity contribution < 1.29 is 4.79 Å². The molecule has 2 aliphatic rings. The number of aromatic nitrogens is 2. The standard InChI is InChI=1S/C12H16N4O.ClH/c17-11(10-2-3-10)15-6-8-16(9-7-15)12-13-4-1-5-14-12;/h1,4-5,10H,2-3,6-9H2;1H. The highest BCUT2D eigenvalue weighted by Gasteiger charge is 2.34. The van der Waals surface area contributed by atoms with Gasteiger partial charge in [0.25, 0.3) is 0 Å². The van der Waals surface area contributed by atoms with Crippen LogP contribution in [-0.2, 0) is 4.79 Å². The van der Waals surface area contributed by atoms with Crippen LogP contribution in [0.15, 0.2) is 18.5 Å². The Hall–Kier alpha value is -1.36. The van der Waals surface area contributed by atoms with Crippen LogP contribution in [0.3, 0.4) is 0 Å². The van der Waals surface area contributed by atoms with E-state index < -0.39 is 0 Å². The number of carbonyl (C=O) groups excluding carboxylic acids is 1. The molecule has 0 N–H and O–H groups in total. The van der Waals surface area contributed by atoms with E-state index in [0.29, 0.717) is 11.8 Å². The first-order valence-corrected chi connectivity index (χ1v) is 6.15. The van der Waals surface area contributed by atoms with Crippen LogP contribution in [0.25, 0.3) is 0 Å². The van der Waals surface area contributed by atoms with Crippen LogP contribution in [0.4, 0.5) is 5.95 Å². The van der Waals surface area contributed by atoms with Gasteiger partial charge in [0.15, 0.2) is 0 Å². The molecule has 5 nitrogen and oxygen atoms in total. The molecule has 1 aliphatic carbocycles. The van der Waals surface area contributed by atoms with E-state index in [0.717, 1.165) is 45.0 Å². The molecule has 98 valence electrons. The smallest absolute Gasteiger partial charge is 0.225 e. The van der Waals surface area contributed by atoms with Crippen molar-refractivity contribution in [3.63, 3.8) is 0 Å². The van der Waals surface area contributed by atoms with Crippen molar-refractivity contribution in [3.05, 3.63) is 18.5 Å². The Labute approximate surface area is 113 Å². The molecule has 1 amide bonds. The summed E-state index contributed by atoms with van der Waals surface area (Å²) in [6, 6.07) is 1.82. The molecule has 6 heteroatoms. The second-order valence-corrected chi connectivity index (χ2v) is 4.64. The molecule has 1 aliphatic heterocycles. The Morgan fingerprint density at radius 2 is 1.72 bits per heavy atom. The fourth-order valence-corrected chi connectivity index (χ4v) is 2.17. The fourth-order valence-electron chi connectivity index (χ4n) is 2.17. The highest BCUT2D eigenvalue weighted by molar-refractivity contribution is 5.85. The van der Waals surface area contributed by atoms with E-state index in [4.69, 9.17) is 0 Å². The first-order valence-electron chi connectivity index (χ1n) is 6.15. The van der Waals surface area contributed by atoms with Gasteiger partial charge in [-0.3, -0.25) is 4.79 Å². The molecule has 0 atom stereocenters. The predicted molar refractivity (Wildman–Crippen MR) is 70.8 cm³/mol. The van der Waals surface area contributed by atoms with Crippen LogP contribution in [-0.4, -0.2) is 47.0 Å². The largest absolute Gasteiger partial charge is 0.339 e. The van der Waals surface area contributed by atoms with E-state index in [1.165, 1.54) is 0 Å². The Balaban J connectivity index is 0.00000120. The first-order chi connectivity index (χ1) is 8.34. The van der Waals surface area contributed by atoms with E-state index in [1.54, 1.807) is 12.4 Å². The summed E-state index contributed by atoms with van der Waals surface area (Å²) in [5, 5.41) is 0. The minimum absolute atomic E-state index is 0. The maximum absolute atomic E-state index is 11.9. The molecule has 0 bridgehead atoms. The second-order valence-electron chi connectivity index (χ2n) is 4.64. The third-order valence-corrected chi connectivity index (χ3v) is 3.35. The summed E-state index contributed by atoms with van der Waals surface area (Å²) in [6.07, 6.45) is 5.68. The molecule has 0 aromatic carbocycles. The highest BCUT2D eigenvalue weighted by Crippen LogP contribution is 2.31. The van der Waals surface area contributed by atoms with Crippen LogP contribution in [0, 0.1) is 5.92 Å². The van der Waals surface area contributed by atoms with Crippen LogP contribution in [0.2, 0.25) is 0 Å². The normalized spacial score (nSPS) is 19.3. The lowest BCUT2D eigenvalue weighted by Crippen LogP contribution is -2.49. The monoisotopic (exact) mass is 268 g/mol. The minimum atomic E-state index is 0. The molecule has 2 heterocycles. The lowest BCUT2D eigenvalue weighted by molar-refractivity contribution is -0.132. The van der Waals surface area contributed by atoms with Crippen molar-refractivity contribution in [2.24, 2.45) is 5.92 Å². The van der Waals surface area contributed by atoms with Crippen LogP contribution < -0.4 is 4.90 Å². The molecule has 0 radical (unpaired) electrons. The number of rotatable bonds is 2. The Morgan fingerprint density at radius 1 is 1.11 bits per heavy atom. The van der Waals surface area contributed by atoms with Gasteiger partial charge in [0, 0.05) is 44.5 Å². The topological polar surface area (TPSA) is 49.3 Å². The lowest BCUT2D eigenvalue weighted by Gasteiger charge is -2.34. The number of halogens is 1. The molecule has 0 spiro atoms. The average molecular weight is 269 g/mol. The highest BCUT2D eigenvalue weighted by atomic mass is 35.5. The number of amides is 1. The van der Waals surface area contributed by atoms with Gasteiger partial charge in [0.05, 0.1) is 0 Å². The van der Waals surface area contributed by atoms with Crippen molar-refractivity contribution in [2.75, 3.05) is 31.1 Å². The number of piperazine rings is 1. The summed E-state index contributed by atoms with van der Waals surface area (Å²) in [4.78, 5) is 24.5. The zero-order valence-electron chi connectivity index (χ0n) is 10.2. The number of carbonyl (C=O) groups is 1. The SMILES string of the molecule is Cl.O=C(C1CC1)N1CCN(c2ncccn2)CC1. The van der Waals surface area contributed by atoms with Crippen molar-refractivity contribution in [1.29, 1.82) is 0 Å². The third-order valence-electron chi connectivity index (χ3n) is 3.35. The van der Waals surface area contributed by atoms with E-state index >= 15 is 0 Å². The molecule has 1 saturated heterocycles. The van der Waals surface area contributed by atoms with E-state index in [9.17, 15) is 4.79 Å². The number of hydrogen-bond acceptors (Lipinski definition) is 4. The Kier molecular flexibility index (Phi) is 4.01. The summed E-state index contributed by atoms with van der Waals surface area (Å²) in [5.41, 5.74) is 0. The van der Waals surface area contributed by atoms with Gasteiger partial charge < -0.3 is 9.80 Å². The molecule has 1 aromatic heterocycles. The third kappa shape index (κ3) is 2.72. The summed E-state index contributed by atoms with van der Waals surface area (Å²) in [5.74, 6) is 1.44. The van der Waals surface area contributed by atoms with Crippen LogP contribution >= 0.6 is 12.4 Å².